The maximum absolute atomic E-state index is 11.1. The Labute approximate surface area is 93.4 Å². The lowest BCUT2D eigenvalue weighted by molar-refractivity contribution is -0.131. The van der Waals surface area contributed by atoms with Gasteiger partial charge in [-0.2, -0.15) is 0 Å². The first kappa shape index (κ1) is 14.4. The van der Waals surface area contributed by atoms with Gasteiger partial charge in [-0.05, 0) is 6.54 Å². The Kier molecular flexibility index (Phi) is 8.33. The highest BCUT2D eigenvalue weighted by molar-refractivity contribution is 5.78. The number of nitrogens with zero attached hydrogens (tertiary/aromatic N) is 2. The smallest absolute Gasteiger partial charge is 0.236 e. The molecule has 1 aliphatic heterocycles. The molecule has 1 rings (SSSR count). The van der Waals surface area contributed by atoms with Crippen molar-refractivity contribution in [2.45, 2.75) is 27.2 Å². The molecular formula is C11H25N3O. The molecule has 0 aliphatic carbocycles. The highest BCUT2D eigenvalue weighted by atomic mass is 16.2. The van der Waals surface area contributed by atoms with Crippen LogP contribution >= 0.6 is 0 Å². The third-order valence-corrected chi connectivity index (χ3v) is 2.35. The normalized spacial score (nSPS) is 16.9. The Morgan fingerprint density at radius 3 is 1.93 bits per heavy atom. The molecule has 4 nitrogen and oxygen atoms in total. The van der Waals surface area contributed by atoms with Crippen LogP contribution in [0.2, 0.25) is 0 Å². The molecule has 1 aliphatic rings. The predicted molar refractivity (Wildman–Crippen MR) is 63.7 cm³/mol. The minimum Gasteiger partial charge on any atom is -0.339 e. The van der Waals surface area contributed by atoms with Crippen LogP contribution in [0.1, 0.15) is 27.2 Å². The van der Waals surface area contributed by atoms with Gasteiger partial charge in [0.1, 0.15) is 0 Å². The zero-order valence-corrected chi connectivity index (χ0v) is 10.3. The lowest BCUT2D eigenvalue weighted by atomic mass is 10.3. The summed E-state index contributed by atoms with van der Waals surface area (Å²) in [6.07, 6.45) is 1.25. The Bertz CT molecular complexity index is 165. The quantitative estimate of drug-likeness (QED) is 0.731. The summed E-state index contributed by atoms with van der Waals surface area (Å²) < 4.78 is 0. The molecule has 0 aromatic heterocycles. The van der Waals surface area contributed by atoms with Gasteiger partial charge in [0.25, 0.3) is 0 Å². The number of amides is 1. The van der Waals surface area contributed by atoms with Crippen LogP contribution in [0.15, 0.2) is 0 Å². The lowest BCUT2D eigenvalue weighted by Crippen LogP contribution is -2.50. The fourth-order valence-electron chi connectivity index (χ4n) is 1.44. The molecule has 1 saturated heterocycles. The van der Waals surface area contributed by atoms with Crippen molar-refractivity contribution in [1.29, 1.82) is 0 Å². The summed E-state index contributed by atoms with van der Waals surface area (Å²) in [5.41, 5.74) is 5.27. The van der Waals surface area contributed by atoms with Gasteiger partial charge in [0.05, 0.1) is 6.54 Å². The number of likely N-dealkylation sites (N-methyl/N-ethyl adjacent to an activating group) is 1. The molecule has 4 heteroatoms. The van der Waals surface area contributed by atoms with Gasteiger partial charge in [-0.25, -0.2) is 0 Å². The number of piperazine rings is 1. The molecule has 1 fully saturated rings. The van der Waals surface area contributed by atoms with E-state index < -0.39 is 0 Å². The molecule has 0 bridgehead atoms. The molecule has 1 heterocycles. The summed E-state index contributed by atoms with van der Waals surface area (Å²) in [5, 5.41) is 0. The second kappa shape index (κ2) is 8.68. The molecule has 0 aromatic rings. The second-order valence-corrected chi connectivity index (χ2v) is 3.73. The van der Waals surface area contributed by atoms with Crippen LogP contribution in [-0.4, -0.2) is 55.0 Å². The lowest BCUT2D eigenvalue weighted by Gasteiger charge is -2.33. The molecule has 15 heavy (non-hydrogen) atoms. The molecule has 0 saturated carbocycles. The van der Waals surface area contributed by atoms with Crippen LogP contribution in [0.25, 0.3) is 0 Å². The van der Waals surface area contributed by atoms with Crippen molar-refractivity contribution in [3.63, 3.8) is 0 Å². The number of hydrogen-bond donors (Lipinski definition) is 1. The summed E-state index contributed by atoms with van der Waals surface area (Å²) in [4.78, 5) is 15.3. The van der Waals surface area contributed by atoms with Gasteiger partial charge in [-0.3, -0.25) is 4.79 Å². The molecule has 0 unspecified atom stereocenters. The zero-order chi connectivity index (χ0) is 11.7. The van der Waals surface area contributed by atoms with Crippen LogP contribution in [0.3, 0.4) is 0 Å². The number of carbonyl (C=O) groups is 1. The molecular weight excluding hydrogens is 190 g/mol. The van der Waals surface area contributed by atoms with E-state index in [2.05, 4.69) is 25.7 Å². The molecule has 0 spiro atoms. The number of hydrogen-bond acceptors (Lipinski definition) is 3. The van der Waals surface area contributed by atoms with Crippen LogP contribution in [0.5, 0.6) is 0 Å². The fourth-order valence-corrected chi connectivity index (χ4v) is 1.44. The van der Waals surface area contributed by atoms with Gasteiger partial charge < -0.3 is 15.5 Å². The van der Waals surface area contributed by atoms with Crippen molar-refractivity contribution in [2.75, 3.05) is 39.3 Å². The minimum atomic E-state index is 0.0748. The van der Waals surface area contributed by atoms with Crippen molar-refractivity contribution in [1.82, 2.24) is 9.80 Å². The molecule has 2 N–H and O–H groups in total. The second-order valence-electron chi connectivity index (χ2n) is 3.73. The third kappa shape index (κ3) is 5.74. The SMILES string of the molecule is CCC.CCN1CCN(C(=O)CN)CC1. The van der Waals surface area contributed by atoms with Crippen molar-refractivity contribution >= 4 is 5.91 Å². The van der Waals surface area contributed by atoms with E-state index in [-0.39, 0.29) is 12.5 Å². The van der Waals surface area contributed by atoms with Crippen molar-refractivity contribution in [3.05, 3.63) is 0 Å². The Balaban J connectivity index is 0.000000583. The summed E-state index contributed by atoms with van der Waals surface area (Å²) in [5.74, 6) is 0.0748. The van der Waals surface area contributed by atoms with Gasteiger partial charge in [0, 0.05) is 26.2 Å². The van der Waals surface area contributed by atoms with Crippen LogP contribution in [-0.2, 0) is 4.79 Å². The van der Waals surface area contributed by atoms with E-state index in [9.17, 15) is 4.79 Å². The predicted octanol–water partition coefficient (Wildman–Crippen LogP) is 0.526. The van der Waals surface area contributed by atoms with Crippen molar-refractivity contribution < 1.29 is 4.79 Å². The maximum atomic E-state index is 11.1. The molecule has 90 valence electrons. The van der Waals surface area contributed by atoms with Gasteiger partial charge >= 0.3 is 0 Å². The van der Waals surface area contributed by atoms with Crippen LogP contribution in [0, 0.1) is 0 Å². The van der Waals surface area contributed by atoms with E-state index >= 15 is 0 Å². The first-order chi connectivity index (χ1) is 7.19. The van der Waals surface area contributed by atoms with E-state index in [0.717, 1.165) is 32.7 Å². The maximum Gasteiger partial charge on any atom is 0.236 e. The standard InChI is InChI=1S/C8H17N3O.C3H8/c1-2-10-3-5-11(6-4-10)8(12)7-9;1-3-2/h2-7,9H2,1H3;3H2,1-2H3. The highest BCUT2D eigenvalue weighted by Crippen LogP contribution is 2.00. The minimum absolute atomic E-state index is 0.0748. The van der Waals surface area contributed by atoms with Crippen molar-refractivity contribution in [3.8, 4) is 0 Å². The third-order valence-electron chi connectivity index (χ3n) is 2.35. The largest absolute Gasteiger partial charge is 0.339 e. The number of rotatable bonds is 2. The van der Waals surface area contributed by atoms with E-state index in [4.69, 9.17) is 5.73 Å². The Morgan fingerprint density at radius 2 is 1.60 bits per heavy atom. The Morgan fingerprint density at radius 1 is 1.13 bits per heavy atom. The van der Waals surface area contributed by atoms with E-state index in [1.165, 1.54) is 6.42 Å². The number of carbonyl (C=O) groups excluding carboxylic acids is 1. The zero-order valence-electron chi connectivity index (χ0n) is 10.3. The number of nitrogens with two attached hydrogens (primary N) is 1. The van der Waals surface area contributed by atoms with Gasteiger partial charge in [-0.1, -0.05) is 27.2 Å². The topological polar surface area (TPSA) is 49.6 Å². The Hall–Kier alpha value is -0.610. The fraction of sp³-hybridized carbons (Fsp3) is 0.909. The highest BCUT2D eigenvalue weighted by Gasteiger charge is 2.18. The molecule has 0 aromatic carbocycles. The van der Waals surface area contributed by atoms with Crippen LogP contribution in [0.4, 0.5) is 0 Å². The first-order valence-electron chi connectivity index (χ1n) is 5.89. The van der Waals surface area contributed by atoms with E-state index in [0.29, 0.717) is 0 Å². The summed E-state index contributed by atoms with van der Waals surface area (Å²) in [7, 11) is 0. The first-order valence-corrected chi connectivity index (χ1v) is 5.89. The van der Waals surface area contributed by atoms with E-state index in [1.54, 1.807) is 0 Å². The van der Waals surface area contributed by atoms with Gasteiger partial charge in [-0.15, -0.1) is 0 Å². The molecule has 1 amide bonds. The average molecular weight is 215 g/mol. The molecule has 0 radical (unpaired) electrons. The van der Waals surface area contributed by atoms with Gasteiger partial charge in [0.15, 0.2) is 0 Å². The average Bonchev–Trinajstić information content (AvgIpc) is 2.29. The van der Waals surface area contributed by atoms with Crippen molar-refractivity contribution in [2.24, 2.45) is 5.73 Å². The van der Waals surface area contributed by atoms with E-state index in [1.807, 2.05) is 4.90 Å². The summed E-state index contributed by atoms with van der Waals surface area (Å²) >= 11 is 0. The molecule has 0 atom stereocenters. The monoisotopic (exact) mass is 215 g/mol. The van der Waals surface area contributed by atoms with Crippen LogP contribution < -0.4 is 5.73 Å². The summed E-state index contributed by atoms with van der Waals surface area (Å²) in [6.45, 7) is 11.3. The van der Waals surface area contributed by atoms with Gasteiger partial charge in [0.2, 0.25) is 5.91 Å². The summed E-state index contributed by atoms with van der Waals surface area (Å²) in [6, 6.07) is 0.